The number of fused-ring (bicyclic) bond motifs is 5. The van der Waals surface area contributed by atoms with Crippen molar-refractivity contribution in [1.82, 2.24) is 0 Å². The maximum atomic E-state index is 16.4. The van der Waals surface area contributed by atoms with Crippen molar-refractivity contribution in [3.8, 4) is 0 Å². The zero-order valence-corrected chi connectivity index (χ0v) is 27.0. The van der Waals surface area contributed by atoms with Crippen molar-refractivity contribution >= 4 is 52.8 Å². The molecular formula is C38H32ClNO3P2. The second-order valence-corrected chi connectivity index (χ2v) is 18.6. The second kappa shape index (κ2) is 11.3. The highest BCUT2D eigenvalue weighted by Crippen LogP contribution is 2.73. The Kier molecular flexibility index (Phi) is 7.22. The summed E-state index contributed by atoms with van der Waals surface area (Å²) in [5.41, 5.74) is 1.01. The molecule has 0 saturated heterocycles. The monoisotopic (exact) mass is 647 g/mol. The number of rotatable bonds is 7. The summed E-state index contributed by atoms with van der Waals surface area (Å²) in [7, 11) is -6.76. The summed E-state index contributed by atoms with van der Waals surface area (Å²) in [5, 5.41) is 8.52. The molecule has 4 nitrogen and oxygen atoms in total. The molecule has 2 saturated carbocycles. The van der Waals surface area contributed by atoms with Crippen molar-refractivity contribution in [1.29, 1.82) is 0 Å². The molecule has 6 unspecified atom stereocenters. The Morgan fingerprint density at radius 3 is 1.38 bits per heavy atom. The van der Waals surface area contributed by atoms with Crippen LogP contribution in [0.1, 0.15) is 12.0 Å². The van der Waals surface area contributed by atoms with E-state index in [4.69, 9.17) is 16.4 Å². The Morgan fingerprint density at radius 2 is 0.956 bits per heavy atom. The predicted octanol–water partition coefficient (Wildman–Crippen LogP) is 7.47. The molecule has 6 atom stereocenters. The van der Waals surface area contributed by atoms with Gasteiger partial charge in [0.15, 0.2) is 0 Å². The molecule has 8 rings (SSSR count). The van der Waals surface area contributed by atoms with E-state index in [2.05, 4.69) is 5.16 Å². The fraction of sp³-hybridized carbons (Fsp3) is 0.184. The zero-order valence-electron chi connectivity index (χ0n) is 24.5. The first-order valence-corrected chi connectivity index (χ1v) is 19.4. The SMILES string of the molecule is O=P(c1ccccc1)(c1ccccc1)C1C2CC(C3C(c4ccc(Cl)cc4)=NOC23)C1P(=O)(c1ccccc1)c1ccccc1. The van der Waals surface area contributed by atoms with E-state index < -0.39 is 25.6 Å². The summed E-state index contributed by atoms with van der Waals surface area (Å²) >= 11 is 6.26. The minimum atomic E-state index is -3.39. The lowest BCUT2D eigenvalue weighted by molar-refractivity contribution is 0.0293. The normalized spacial score (nSPS) is 25.4. The van der Waals surface area contributed by atoms with E-state index in [0.29, 0.717) is 5.02 Å². The van der Waals surface area contributed by atoms with Crippen LogP contribution in [0.2, 0.25) is 5.02 Å². The lowest BCUT2D eigenvalue weighted by Gasteiger charge is -2.44. The quantitative estimate of drug-likeness (QED) is 0.172. The van der Waals surface area contributed by atoms with Gasteiger partial charge in [-0.1, -0.05) is 150 Å². The van der Waals surface area contributed by atoms with Crippen LogP contribution in [0.25, 0.3) is 0 Å². The predicted molar refractivity (Wildman–Crippen MR) is 185 cm³/mol. The van der Waals surface area contributed by atoms with Crippen LogP contribution in [0.15, 0.2) is 151 Å². The highest BCUT2D eigenvalue weighted by atomic mass is 35.5. The van der Waals surface area contributed by atoms with Crippen molar-refractivity contribution in [3.63, 3.8) is 0 Å². The van der Waals surface area contributed by atoms with Gasteiger partial charge in [-0.25, -0.2) is 0 Å². The molecule has 5 aromatic rings. The number of halogens is 1. The molecule has 7 heteroatoms. The number of benzene rings is 5. The minimum absolute atomic E-state index is 0.0612. The van der Waals surface area contributed by atoms with Gasteiger partial charge < -0.3 is 14.0 Å². The summed E-state index contributed by atoms with van der Waals surface area (Å²) in [6.07, 6.45) is 0.521. The van der Waals surface area contributed by atoms with Gasteiger partial charge in [-0.3, -0.25) is 0 Å². The van der Waals surface area contributed by atoms with Crippen LogP contribution in [0.3, 0.4) is 0 Å². The van der Waals surface area contributed by atoms with Crippen LogP contribution in [0.5, 0.6) is 0 Å². The maximum absolute atomic E-state index is 16.4. The maximum Gasteiger partial charge on any atom is 0.147 e. The molecule has 1 heterocycles. The lowest BCUT2D eigenvalue weighted by atomic mass is 9.80. The van der Waals surface area contributed by atoms with Crippen molar-refractivity contribution in [2.24, 2.45) is 22.9 Å². The first-order valence-electron chi connectivity index (χ1n) is 15.4. The van der Waals surface area contributed by atoms with Crippen LogP contribution in [-0.4, -0.2) is 23.1 Å². The molecule has 0 amide bonds. The summed E-state index contributed by atoms with van der Waals surface area (Å²) in [6, 6.07) is 47.1. The Labute approximate surface area is 268 Å². The van der Waals surface area contributed by atoms with Crippen LogP contribution < -0.4 is 21.2 Å². The average molecular weight is 648 g/mol. The highest BCUT2D eigenvalue weighted by molar-refractivity contribution is 7.83. The topological polar surface area (TPSA) is 55.7 Å². The molecule has 0 radical (unpaired) electrons. The third kappa shape index (κ3) is 4.45. The molecule has 0 N–H and O–H groups in total. The van der Waals surface area contributed by atoms with E-state index in [1.807, 2.05) is 146 Å². The van der Waals surface area contributed by atoms with Crippen molar-refractivity contribution < 1.29 is 14.0 Å². The third-order valence-electron chi connectivity index (χ3n) is 10.1. The molecule has 2 fully saturated rings. The standard InChI is InChI=1S/C38H32ClNO3P2/c39-27-23-21-26(22-24-27)35-34-32-25-33(36(34)43-40-35)38(45(42,30-17-9-3-10-18-30)31-19-11-4-12-20-31)37(32)44(41,28-13-5-1-6-14-28)29-15-7-2-8-16-29/h1-24,32-34,36-38H,25H2. The fourth-order valence-corrected chi connectivity index (χ4v) is 17.1. The molecule has 3 aliphatic rings. The fourth-order valence-electron chi connectivity index (χ4n) is 8.40. The van der Waals surface area contributed by atoms with Gasteiger partial charge in [0.05, 0.1) is 5.71 Å². The molecule has 2 bridgehead atoms. The summed E-state index contributed by atoms with van der Waals surface area (Å²) < 4.78 is 32.7. The minimum Gasteiger partial charge on any atom is -0.391 e. The van der Waals surface area contributed by atoms with E-state index >= 15 is 9.13 Å². The van der Waals surface area contributed by atoms with Crippen molar-refractivity contribution in [2.75, 3.05) is 0 Å². The molecule has 224 valence electrons. The average Bonchev–Trinajstić information content (AvgIpc) is 3.82. The molecule has 0 aromatic heterocycles. The van der Waals surface area contributed by atoms with Crippen LogP contribution in [0.4, 0.5) is 0 Å². The summed E-state index contributed by atoms with van der Waals surface area (Å²) in [4.78, 5) is 6.32. The molecule has 5 aromatic carbocycles. The van der Waals surface area contributed by atoms with E-state index in [1.54, 1.807) is 0 Å². The summed E-state index contributed by atoms with van der Waals surface area (Å²) in [6.45, 7) is 0. The Morgan fingerprint density at radius 1 is 0.556 bits per heavy atom. The van der Waals surface area contributed by atoms with Gasteiger partial charge >= 0.3 is 0 Å². The van der Waals surface area contributed by atoms with Crippen LogP contribution in [-0.2, 0) is 14.0 Å². The van der Waals surface area contributed by atoms with Gasteiger partial charge in [0.2, 0.25) is 0 Å². The Balaban J connectivity index is 1.38. The van der Waals surface area contributed by atoms with Gasteiger partial charge in [-0.15, -0.1) is 0 Å². The third-order valence-corrected chi connectivity index (χ3v) is 18.0. The van der Waals surface area contributed by atoms with Gasteiger partial charge in [0, 0.05) is 49.4 Å². The summed E-state index contributed by atoms with van der Waals surface area (Å²) in [5.74, 6) is -0.238. The molecule has 0 spiro atoms. The Hall–Kier alpha value is -3.68. The van der Waals surface area contributed by atoms with E-state index in [9.17, 15) is 0 Å². The molecule has 2 aliphatic carbocycles. The second-order valence-electron chi connectivity index (χ2n) is 12.3. The van der Waals surface area contributed by atoms with Crippen LogP contribution >= 0.6 is 25.9 Å². The largest absolute Gasteiger partial charge is 0.391 e. The zero-order chi connectivity index (χ0) is 30.6. The highest BCUT2D eigenvalue weighted by Gasteiger charge is 2.70. The number of oxime groups is 1. The van der Waals surface area contributed by atoms with E-state index in [-0.39, 0.29) is 23.9 Å². The number of hydrogen-bond acceptors (Lipinski definition) is 4. The smallest absolute Gasteiger partial charge is 0.147 e. The van der Waals surface area contributed by atoms with E-state index in [1.165, 1.54) is 0 Å². The number of hydrogen-bond donors (Lipinski definition) is 0. The Bertz CT molecular complexity index is 1870. The molecule has 1 aliphatic heterocycles. The van der Waals surface area contributed by atoms with Gasteiger partial charge in [-0.2, -0.15) is 0 Å². The van der Waals surface area contributed by atoms with Crippen LogP contribution in [0, 0.1) is 17.8 Å². The number of nitrogens with zero attached hydrogens (tertiary/aromatic N) is 1. The molecular weight excluding hydrogens is 616 g/mol. The van der Waals surface area contributed by atoms with Crippen molar-refractivity contribution in [2.45, 2.75) is 23.8 Å². The lowest BCUT2D eigenvalue weighted by Crippen LogP contribution is -2.50. The first kappa shape index (κ1) is 28.8. The first-order chi connectivity index (χ1) is 22.0. The van der Waals surface area contributed by atoms with Gasteiger partial charge in [0.25, 0.3) is 0 Å². The molecule has 45 heavy (non-hydrogen) atoms. The van der Waals surface area contributed by atoms with Gasteiger partial charge in [0.1, 0.15) is 20.4 Å². The van der Waals surface area contributed by atoms with E-state index in [0.717, 1.165) is 38.9 Å². The van der Waals surface area contributed by atoms with Gasteiger partial charge in [-0.05, 0) is 30.0 Å². The van der Waals surface area contributed by atoms with Crippen molar-refractivity contribution in [3.05, 3.63) is 156 Å².